The predicted molar refractivity (Wildman–Crippen MR) is 63.4 cm³/mol. The lowest BCUT2D eigenvalue weighted by Crippen LogP contribution is -1.96. The van der Waals surface area contributed by atoms with Crippen LogP contribution in [0.1, 0.15) is 0 Å². The molecule has 2 rings (SSSR count). The van der Waals surface area contributed by atoms with E-state index in [2.05, 4.69) is 5.32 Å². The van der Waals surface area contributed by atoms with Crippen molar-refractivity contribution in [3.63, 3.8) is 0 Å². The molecule has 15 heavy (non-hydrogen) atoms. The lowest BCUT2D eigenvalue weighted by Gasteiger charge is -2.08. The van der Waals surface area contributed by atoms with E-state index in [9.17, 15) is 4.39 Å². The Bertz CT molecular complexity index is 471. The van der Waals surface area contributed by atoms with Crippen LogP contribution in [0.4, 0.5) is 21.5 Å². The normalized spacial score (nSPS) is 10.3. The SMILES string of the molecule is Nc1cc(Cl)c(F)cc1Nc1ccsc1. The van der Waals surface area contributed by atoms with Crippen LogP contribution in [0.3, 0.4) is 0 Å². The molecule has 0 unspecified atom stereocenters. The summed E-state index contributed by atoms with van der Waals surface area (Å²) in [6.45, 7) is 0. The highest BCUT2D eigenvalue weighted by atomic mass is 35.5. The molecular weight excluding hydrogens is 235 g/mol. The van der Waals surface area contributed by atoms with Gasteiger partial charge in [-0.25, -0.2) is 4.39 Å². The molecule has 0 bridgehead atoms. The second-order valence-corrected chi connectivity index (χ2v) is 4.18. The molecule has 5 heteroatoms. The van der Waals surface area contributed by atoms with E-state index in [0.29, 0.717) is 11.4 Å². The van der Waals surface area contributed by atoms with E-state index in [1.165, 1.54) is 12.1 Å². The third-order valence-electron chi connectivity index (χ3n) is 1.89. The number of halogens is 2. The van der Waals surface area contributed by atoms with Crippen LogP contribution in [0.15, 0.2) is 29.0 Å². The van der Waals surface area contributed by atoms with Crippen molar-refractivity contribution in [1.82, 2.24) is 0 Å². The minimum absolute atomic E-state index is 0.0309. The zero-order chi connectivity index (χ0) is 10.8. The Balaban J connectivity index is 2.33. The maximum Gasteiger partial charge on any atom is 0.144 e. The van der Waals surface area contributed by atoms with Gasteiger partial charge in [0.2, 0.25) is 0 Å². The van der Waals surface area contributed by atoms with Crippen LogP contribution in [0, 0.1) is 5.82 Å². The Morgan fingerprint density at radius 3 is 2.87 bits per heavy atom. The average Bonchev–Trinajstić information content (AvgIpc) is 2.67. The number of hydrogen-bond acceptors (Lipinski definition) is 3. The second-order valence-electron chi connectivity index (χ2n) is 2.99. The summed E-state index contributed by atoms with van der Waals surface area (Å²) in [7, 11) is 0. The first kappa shape index (κ1) is 10.3. The highest BCUT2D eigenvalue weighted by Crippen LogP contribution is 2.29. The number of anilines is 3. The van der Waals surface area contributed by atoms with Crippen molar-refractivity contribution in [2.24, 2.45) is 0 Å². The quantitative estimate of drug-likeness (QED) is 0.785. The third kappa shape index (κ3) is 2.22. The highest BCUT2D eigenvalue weighted by Gasteiger charge is 2.06. The predicted octanol–water partition coefficient (Wildman–Crippen LogP) is 3.87. The molecule has 3 N–H and O–H groups in total. The number of hydrogen-bond donors (Lipinski definition) is 2. The van der Waals surface area contributed by atoms with Crippen LogP contribution in [0.25, 0.3) is 0 Å². The summed E-state index contributed by atoms with van der Waals surface area (Å²) < 4.78 is 13.2. The molecule has 1 heterocycles. The fourth-order valence-corrected chi connectivity index (χ4v) is 1.92. The number of rotatable bonds is 2. The van der Waals surface area contributed by atoms with Gasteiger partial charge in [0.1, 0.15) is 5.82 Å². The van der Waals surface area contributed by atoms with Crippen LogP contribution in [-0.2, 0) is 0 Å². The van der Waals surface area contributed by atoms with Gasteiger partial charge in [-0.1, -0.05) is 11.6 Å². The van der Waals surface area contributed by atoms with Crippen molar-refractivity contribution in [3.8, 4) is 0 Å². The zero-order valence-corrected chi connectivity index (χ0v) is 9.20. The van der Waals surface area contributed by atoms with Crippen molar-refractivity contribution >= 4 is 40.0 Å². The molecular formula is C10H8ClFN2S. The summed E-state index contributed by atoms with van der Waals surface area (Å²) in [6, 6.07) is 4.57. The highest BCUT2D eigenvalue weighted by molar-refractivity contribution is 7.08. The maximum absolute atomic E-state index is 13.2. The van der Waals surface area contributed by atoms with Crippen LogP contribution < -0.4 is 11.1 Å². The second kappa shape index (κ2) is 4.08. The summed E-state index contributed by atoms with van der Waals surface area (Å²) in [4.78, 5) is 0. The molecule has 1 aromatic heterocycles. The van der Waals surface area contributed by atoms with E-state index in [1.807, 2.05) is 16.8 Å². The van der Waals surface area contributed by atoms with Gasteiger partial charge in [0, 0.05) is 17.1 Å². The Morgan fingerprint density at radius 2 is 2.20 bits per heavy atom. The van der Waals surface area contributed by atoms with Crippen LogP contribution in [-0.4, -0.2) is 0 Å². The van der Waals surface area contributed by atoms with Gasteiger partial charge < -0.3 is 11.1 Å². The molecule has 0 saturated carbocycles. The summed E-state index contributed by atoms with van der Waals surface area (Å²) >= 11 is 7.14. The molecule has 78 valence electrons. The lowest BCUT2D eigenvalue weighted by molar-refractivity contribution is 0.629. The number of nitrogen functional groups attached to an aromatic ring is 1. The fourth-order valence-electron chi connectivity index (χ4n) is 1.16. The molecule has 2 nitrogen and oxygen atoms in total. The first-order chi connectivity index (χ1) is 7.16. The smallest absolute Gasteiger partial charge is 0.144 e. The molecule has 0 aliphatic heterocycles. The average molecular weight is 243 g/mol. The number of nitrogens with two attached hydrogens (primary N) is 1. The molecule has 0 atom stereocenters. The van der Waals surface area contributed by atoms with Gasteiger partial charge >= 0.3 is 0 Å². The van der Waals surface area contributed by atoms with Crippen LogP contribution >= 0.6 is 22.9 Å². The van der Waals surface area contributed by atoms with E-state index in [0.717, 1.165) is 5.69 Å². The van der Waals surface area contributed by atoms with Gasteiger partial charge in [0.15, 0.2) is 0 Å². The molecule has 0 aliphatic rings. The molecule has 1 aromatic carbocycles. The largest absolute Gasteiger partial charge is 0.397 e. The zero-order valence-electron chi connectivity index (χ0n) is 7.63. The fraction of sp³-hybridized carbons (Fsp3) is 0. The van der Waals surface area contributed by atoms with E-state index < -0.39 is 5.82 Å². The maximum atomic E-state index is 13.2. The Labute approximate surface area is 95.5 Å². The summed E-state index contributed by atoms with van der Waals surface area (Å²) in [5, 5.41) is 6.87. The number of benzene rings is 1. The Hall–Kier alpha value is -1.26. The minimum atomic E-state index is -0.483. The van der Waals surface area contributed by atoms with Crippen molar-refractivity contribution in [1.29, 1.82) is 0 Å². The van der Waals surface area contributed by atoms with E-state index in [-0.39, 0.29) is 5.02 Å². The first-order valence-electron chi connectivity index (χ1n) is 4.20. The van der Waals surface area contributed by atoms with Gasteiger partial charge in [0.25, 0.3) is 0 Å². The number of nitrogens with one attached hydrogen (secondary N) is 1. The van der Waals surface area contributed by atoms with Crippen molar-refractivity contribution in [2.45, 2.75) is 0 Å². The van der Waals surface area contributed by atoms with Crippen molar-refractivity contribution in [3.05, 3.63) is 39.8 Å². The number of thiophene rings is 1. The topological polar surface area (TPSA) is 38.0 Å². The minimum Gasteiger partial charge on any atom is -0.397 e. The molecule has 0 amide bonds. The Morgan fingerprint density at radius 1 is 1.40 bits per heavy atom. The lowest BCUT2D eigenvalue weighted by atomic mass is 10.2. The molecule has 0 radical (unpaired) electrons. The first-order valence-corrected chi connectivity index (χ1v) is 5.52. The molecule has 0 fully saturated rings. The summed E-state index contributed by atoms with van der Waals surface area (Å²) in [6.07, 6.45) is 0. The van der Waals surface area contributed by atoms with E-state index in [1.54, 1.807) is 11.3 Å². The molecule has 0 spiro atoms. The summed E-state index contributed by atoms with van der Waals surface area (Å²) in [5.41, 5.74) is 7.53. The van der Waals surface area contributed by atoms with Gasteiger partial charge in [-0.3, -0.25) is 0 Å². The standard InChI is InChI=1S/C10H8ClFN2S/c11-7-3-9(13)10(4-8(7)12)14-6-1-2-15-5-6/h1-5,14H,13H2. The Kier molecular flexibility index (Phi) is 2.79. The molecule has 0 saturated heterocycles. The van der Waals surface area contributed by atoms with Crippen LogP contribution in [0.5, 0.6) is 0 Å². The monoisotopic (exact) mass is 242 g/mol. The van der Waals surface area contributed by atoms with Gasteiger partial charge in [-0.2, -0.15) is 11.3 Å². The van der Waals surface area contributed by atoms with Gasteiger partial charge in [-0.15, -0.1) is 0 Å². The van der Waals surface area contributed by atoms with Gasteiger partial charge in [0.05, 0.1) is 16.4 Å². The van der Waals surface area contributed by atoms with E-state index in [4.69, 9.17) is 17.3 Å². The molecule has 2 aromatic rings. The third-order valence-corrected chi connectivity index (χ3v) is 2.87. The van der Waals surface area contributed by atoms with Crippen LogP contribution in [0.2, 0.25) is 5.02 Å². The molecule has 0 aliphatic carbocycles. The van der Waals surface area contributed by atoms with E-state index >= 15 is 0 Å². The van der Waals surface area contributed by atoms with Gasteiger partial charge in [-0.05, 0) is 17.5 Å². The van der Waals surface area contributed by atoms with Crippen molar-refractivity contribution < 1.29 is 4.39 Å². The van der Waals surface area contributed by atoms with Crippen molar-refractivity contribution in [2.75, 3.05) is 11.1 Å². The summed E-state index contributed by atoms with van der Waals surface area (Å²) in [5.74, 6) is -0.483.